The first kappa shape index (κ1) is 14.5. The molecule has 0 atom stereocenters. The lowest BCUT2D eigenvalue weighted by Gasteiger charge is -2.22. The second-order valence-electron chi connectivity index (χ2n) is 5.62. The van der Waals surface area contributed by atoms with Crippen LogP contribution >= 0.6 is 0 Å². The molecule has 2 aromatic rings. The number of nitrogens with one attached hydrogen (secondary N) is 1. The molecule has 0 aliphatic heterocycles. The molecule has 1 N–H and O–H groups in total. The molecule has 0 spiro atoms. The lowest BCUT2D eigenvalue weighted by molar-refractivity contribution is -0.150. The SMILES string of the molecule is COC(=O)C(C)(C)CNCc1cccc2ccccc12. The molecule has 2 aromatic carbocycles. The van der Waals surface area contributed by atoms with Crippen molar-refractivity contribution in [3.8, 4) is 0 Å². The van der Waals surface area contributed by atoms with Gasteiger partial charge in [0, 0.05) is 13.1 Å². The highest BCUT2D eigenvalue weighted by molar-refractivity contribution is 5.85. The van der Waals surface area contributed by atoms with E-state index in [1.54, 1.807) is 0 Å². The number of esters is 1. The predicted octanol–water partition coefficient (Wildman–Crippen LogP) is 3.13. The molecule has 0 saturated heterocycles. The summed E-state index contributed by atoms with van der Waals surface area (Å²) in [6, 6.07) is 14.6. The third kappa shape index (κ3) is 3.17. The third-order valence-corrected chi connectivity index (χ3v) is 3.50. The number of hydrogen-bond acceptors (Lipinski definition) is 3. The molecule has 20 heavy (non-hydrogen) atoms. The van der Waals surface area contributed by atoms with Crippen LogP contribution in [0.4, 0.5) is 0 Å². The van der Waals surface area contributed by atoms with Crippen LogP contribution in [0.3, 0.4) is 0 Å². The Morgan fingerprint density at radius 1 is 1.15 bits per heavy atom. The minimum atomic E-state index is -0.515. The number of carbonyl (C=O) groups is 1. The summed E-state index contributed by atoms with van der Waals surface area (Å²) < 4.78 is 4.81. The predicted molar refractivity (Wildman–Crippen MR) is 81.5 cm³/mol. The molecule has 0 heterocycles. The Morgan fingerprint density at radius 3 is 2.60 bits per heavy atom. The maximum atomic E-state index is 11.6. The summed E-state index contributed by atoms with van der Waals surface area (Å²) >= 11 is 0. The van der Waals surface area contributed by atoms with Gasteiger partial charge in [0.2, 0.25) is 0 Å². The van der Waals surface area contributed by atoms with E-state index in [4.69, 9.17) is 4.74 Å². The van der Waals surface area contributed by atoms with Gasteiger partial charge in [-0.05, 0) is 30.2 Å². The summed E-state index contributed by atoms with van der Waals surface area (Å²) in [5, 5.41) is 5.83. The smallest absolute Gasteiger partial charge is 0.312 e. The van der Waals surface area contributed by atoms with Crippen molar-refractivity contribution < 1.29 is 9.53 Å². The largest absolute Gasteiger partial charge is 0.469 e. The van der Waals surface area contributed by atoms with Crippen LogP contribution in [-0.2, 0) is 16.1 Å². The average molecular weight is 271 g/mol. The van der Waals surface area contributed by atoms with Gasteiger partial charge in [0.25, 0.3) is 0 Å². The quantitative estimate of drug-likeness (QED) is 0.849. The Kier molecular flexibility index (Phi) is 4.40. The van der Waals surface area contributed by atoms with E-state index in [0.717, 1.165) is 6.54 Å². The summed E-state index contributed by atoms with van der Waals surface area (Å²) in [6.07, 6.45) is 0. The molecule has 2 rings (SSSR count). The number of rotatable bonds is 5. The van der Waals surface area contributed by atoms with E-state index < -0.39 is 5.41 Å². The van der Waals surface area contributed by atoms with Gasteiger partial charge in [0.1, 0.15) is 0 Å². The van der Waals surface area contributed by atoms with Crippen LogP contribution in [0.25, 0.3) is 10.8 Å². The fraction of sp³-hybridized carbons (Fsp3) is 0.353. The summed E-state index contributed by atoms with van der Waals surface area (Å²) in [6.45, 7) is 5.09. The van der Waals surface area contributed by atoms with Crippen molar-refractivity contribution in [2.24, 2.45) is 5.41 Å². The molecule has 0 amide bonds. The normalized spacial score (nSPS) is 11.6. The minimum Gasteiger partial charge on any atom is -0.469 e. The second kappa shape index (κ2) is 6.06. The average Bonchev–Trinajstić information content (AvgIpc) is 2.46. The fourth-order valence-corrected chi connectivity index (χ4v) is 2.30. The molecule has 0 aliphatic carbocycles. The number of ether oxygens (including phenoxy) is 1. The number of carbonyl (C=O) groups excluding carboxylic acids is 1. The van der Waals surface area contributed by atoms with Gasteiger partial charge in [-0.2, -0.15) is 0 Å². The van der Waals surface area contributed by atoms with Crippen LogP contribution in [0.2, 0.25) is 0 Å². The van der Waals surface area contributed by atoms with Crippen molar-refractivity contribution >= 4 is 16.7 Å². The van der Waals surface area contributed by atoms with Gasteiger partial charge < -0.3 is 10.1 Å². The van der Waals surface area contributed by atoms with Gasteiger partial charge in [0.05, 0.1) is 12.5 Å². The standard InChI is InChI=1S/C17H21NO2/c1-17(2,16(19)20-3)12-18-11-14-9-6-8-13-7-4-5-10-15(13)14/h4-10,18H,11-12H2,1-3H3. The second-order valence-corrected chi connectivity index (χ2v) is 5.62. The highest BCUT2D eigenvalue weighted by atomic mass is 16.5. The van der Waals surface area contributed by atoms with E-state index in [-0.39, 0.29) is 5.97 Å². The maximum absolute atomic E-state index is 11.6. The van der Waals surface area contributed by atoms with Gasteiger partial charge in [-0.1, -0.05) is 42.5 Å². The summed E-state index contributed by atoms with van der Waals surface area (Å²) in [4.78, 5) is 11.6. The first-order valence-electron chi connectivity index (χ1n) is 6.80. The zero-order chi connectivity index (χ0) is 14.6. The number of methoxy groups -OCH3 is 1. The zero-order valence-electron chi connectivity index (χ0n) is 12.3. The van der Waals surface area contributed by atoms with Crippen molar-refractivity contribution in [1.82, 2.24) is 5.32 Å². The van der Waals surface area contributed by atoms with Gasteiger partial charge in [-0.3, -0.25) is 4.79 Å². The van der Waals surface area contributed by atoms with Crippen molar-refractivity contribution in [3.05, 3.63) is 48.0 Å². The molecule has 3 heteroatoms. The molecule has 0 bridgehead atoms. The lowest BCUT2D eigenvalue weighted by Crippen LogP contribution is -2.36. The van der Waals surface area contributed by atoms with Crippen LogP contribution in [0.15, 0.2) is 42.5 Å². The van der Waals surface area contributed by atoms with E-state index in [1.165, 1.54) is 23.4 Å². The van der Waals surface area contributed by atoms with Crippen LogP contribution in [-0.4, -0.2) is 19.6 Å². The Labute approximate surface area is 119 Å². The van der Waals surface area contributed by atoms with E-state index in [2.05, 4.69) is 35.6 Å². The Balaban J connectivity index is 2.05. The van der Waals surface area contributed by atoms with Gasteiger partial charge in [-0.15, -0.1) is 0 Å². The van der Waals surface area contributed by atoms with Crippen LogP contribution in [0.1, 0.15) is 19.4 Å². The van der Waals surface area contributed by atoms with Gasteiger partial charge >= 0.3 is 5.97 Å². The van der Waals surface area contributed by atoms with Crippen molar-refractivity contribution in [1.29, 1.82) is 0 Å². The van der Waals surface area contributed by atoms with Gasteiger partial charge in [-0.25, -0.2) is 0 Å². The molecule has 0 radical (unpaired) electrons. The Hall–Kier alpha value is -1.87. The highest BCUT2D eigenvalue weighted by Crippen LogP contribution is 2.19. The number of fused-ring (bicyclic) bond motifs is 1. The highest BCUT2D eigenvalue weighted by Gasteiger charge is 2.27. The maximum Gasteiger partial charge on any atom is 0.312 e. The third-order valence-electron chi connectivity index (χ3n) is 3.50. The first-order chi connectivity index (χ1) is 9.54. The number of benzene rings is 2. The molecule has 0 fully saturated rings. The minimum absolute atomic E-state index is 0.192. The van der Waals surface area contributed by atoms with Gasteiger partial charge in [0.15, 0.2) is 0 Å². The summed E-state index contributed by atoms with van der Waals surface area (Å²) in [5.41, 5.74) is 0.725. The number of hydrogen-bond donors (Lipinski definition) is 1. The molecule has 0 saturated carbocycles. The molecule has 0 aromatic heterocycles. The molecule has 0 unspecified atom stereocenters. The van der Waals surface area contributed by atoms with E-state index in [9.17, 15) is 4.79 Å². The monoisotopic (exact) mass is 271 g/mol. The van der Waals surface area contributed by atoms with E-state index in [1.807, 2.05) is 26.0 Å². The molecule has 106 valence electrons. The summed E-state index contributed by atoms with van der Waals surface area (Å²) in [7, 11) is 1.43. The van der Waals surface area contributed by atoms with Crippen LogP contribution < -0.4 is 5.32 Å². The van der Waals surface area contributed by atoms with E-state index in [0.29, 0.717) is 6.54 Å². The van der Waals surface area contributed by atoms with Crippen molar-refractivity contribution in [2.45, 2.75) is 20.4 Å². The first-order valence-corrected chi connectivity index (χ1v) is 6.80. The topological polar surface area (TPSA) is 38.3 Å². The fourth-order valence-electron chi connectivity index (χ4n) is 2.30. The lowest BCUT2D eigenvalue weighted by atomic mass is 9.93. The van der Waals surface area contributed by atoms with Crippen molar-refractivity contribution in [3.63, 3.8) is 0 Å². The zero-order valence-corrected chi connectivity index (χ0v) is 12.3. The molecule has 0 aliphatic rings. The van der Waals surface area contributed by atoms with Crippen molar-refractivity contribution in [2.75, 3.05) is 13.7 Å². The molecular formula is C17H21NO2. The Bertz CT molecular complexity index is 599. The van der Waals surface area contributed by atoms with Crippen LogP contribution in [0.5, 0.6) is 0 Å². The Morgan fingerprint density at radius 2 is 1.85 bits per heavy atom. The summed E-state index contributed by atoms with van der Waals surface area (Å²) in [5.74, 6) is -0.192. The van der Waals surface area contributed by atoms with Crippen LogP contribution in [0, 0.1) is 5.41 Å². The molecular weight excluding hydrogens is 250 g/mol. The van der Waals surface area contributed by atoms with E-state index >= 15 is 0 Å². The molecule has 3 nitrogen and oxygen atoms in total.